The molecule has 80 valence electrons. The standard InChI is InChI=1S/C8H5Cl3N2S2/c9-8(10,11)15-13-7-12-5-3-1-2-4-6(5)14-7/h1-4H,(H,12,13). The molecule has 1 aromatic carbocycles. The number of para-hydroxylation sites is 1. The summed E-state index contributed by atoms with van der Waals surface area (Å²) in [4.78, 5) is 4.33. The molecule has 0 fully saturated rings. The number of thiazole rings is 1. The van der Waals surface area contributed by atoms with Crippen LogP contribution in [0.4, 0.5) is 5.13 Å². The number of nitrogens with one attached hydrogen (secondary N) is 1. The predicted octanol–water partition coefficient (Wildman–Crippen LogP) is 4.68. The molecule has 2 aromatic rings. The number of halogens is 3. The van der Waals surface area contributed by atoms with Crippen LogP contribution in [0.3, 0.4) is 0 Å². The molecular formula is C8H5Cl3N2S2. The van der Waals surface area contributed by atoms with Crippen LogP contribution in [-0.4, -0.2) is 8.11 Å². The van der Waals surface area contributed by atoms with Crippen LogP contribution in [0.25, 0.3) is 10.2 Å². The Bertz CT molecular complexity index is 433. The average Bonchev–Trinajstić information content (AvgIpc) is 2.56. The molecular weight excluding hydrogens is 295 g/mol. The van der Waals surface area contributed by atoms with Crippen LogP contribution in [0.2, 0.25) is 0 Å². The van der Waals surface area contributed by atoms with Gasteiger partial charge in [-0.15, -0.1) is 0 Å². The molecule has 0 saturated heterocycles. The molecule has 1 aromatic heterocycles. The maximum Gasteiger partial charge on any atom is 0.256 e. The first-order chi connectivity index (χ1) is 7.04. The van der Waals surface area contributed by atoms with Crippen molar-refractivity contribution in [3.8, 4) is 0 Å². The smallest absolute Gasteiger partial charge is 0.256 e. The summed E-state index contributed by atoms with van der Waals surface area (Å²) in [6.07, 6.45) is 0. The van der Waals surface area contributed by atoms with E-state index in [4.69, 9.17) is 34.8 Å². The topological polar surface area (TPSA) is 24.9 Å². The fourth-order valence-corrected chi connectivity index (χ4v) is 2.62. The van der Waals surface area contributed by atoms with Crippen molar-refractivity contribution in [1.82, 2.24) is 4.98 Å². The zero-order valence-electron chi connectivity index (χ0n) is 7.21. The first-order valence-electron chi connectivity index (χ1n) is 3.91. The lowest BCUT2D eigenvalue weighted by molar-refractivity contribution is 1.49. The zero-order chi connectivity index (χ0) is 10.9. The SMILES string of the molecule is ClC(Cl)(Cl)SNc1nc2ccccc2s1. The van der Waals surface area contributed by atoms with Crippen LogP contribution in [0.15, 0.2) is 24.3 Å². The summed E-state index contributed by atoms with van der Waals surface area (Å²) >= 11 is 19.3. The second-order valence-corrected chi connectivity index (χ2v) is 7.64. The molecule has 0 atom stereocenters. The molecule has 0 spiro atoms. The summed E-state index contributed by atoms with van der Waals surface area (Å²) < 4.78 is 2.63. The lowest BCUT2D eigenvalue weighted by Crippen LogP contribution is -1.99. The van der Waals surface area contributed by atoms with E-state index in [0.717, 1.165) is 27.3 Å². The van der Waals surface area contributed by atoms with E-state index in [9.17, 15) is 0 Å². The third kappa shape index (κ3) is 3.29. The van der Waals surface area contributed by atoms with Crippen LogP contribution >= 0.6 is 58.1 Å². The van der Waals surface area contributed by atoms with Crippen molar-refractivity contribution in [2.45, 2.75) is 3.12 Å². The van der Waals surface area contributed by atoms with E-state index >= 15 is 0 Å². The lowest BCUT2D eigenvalue weighted by atomic mass is 10.3. The van der Waals surface area contributed by atoms with Gasteiger partial charge in [-0.3, -0.25) is 0 Å². The summed E-state index contributed by atoms with van der Waals surface area (Å²) in [5.74, 6) is 0. The van der Waals surface area contributed by atoms with Gasteiger partial charge in [0.05, 0.1) is 10.2 Å². The second kappa shape index (κ2) is 4.55. The Labute approximate surface area is 110 Å². The van der Waals surface area contributed by atoms with Crippen molar-refractivity contribution < 1.29 is 0 Å². The quantitative estimate of drug-likeness (QED) is 0.643. The van der Waals surface area contributed by atoms with Crippen molar-refractivity contribution in [3.05, 3.63) is 24.3 Å². The molecule has 0 amide bonds. The lowest BCUT2D eigenvalue weighted by Gasteiger charge is -2.08. The van der Waals surface area contributed by atoms with Gasteiger partial charge >= 0.3 is 0 Å². The summed E-state index contributed by atoms with van der Waals surface area (Å²) in [5.41, 5.74) is 0.940. The van der Waals surface area contributed by atoms with Crippen LogP contribution in [-0.2, 0) is 0 Å². The minimum Gasteiger partial charge on any atom is -0.302 e. The number of fused-ring (bicyclic) bond motifs is 1. The molecule has 15 heavy (non-hydrogen) atoms. The predicted molar refractivity (Wildman–Crippen MR) is 71.1 cm³/mol. The van der Waals surface area contributed by atoms with Gasteiger partial charge in [-0.2, -0.15) is 0 Å². The highest BCUT2D eigenvalue weighted by molar-refractivity contribution is 8.06. The normalized spacial score (nSPS) is 11.9. The average molecular weight is 300 g/mol. The number of alkyl halides is 3. The van der Waals surface area contributed by atoms with Crippen molar-refractivity contribution in [2.75, 3.05) is 4.72 Å². The van der Waals surface area contributed by atoms with Gasteiger partial charge in [-0.05, 0) is 12.1 Å². The highest BCUT2D eigenvalue weighted by Gasteiger charge is 2.21. The Morgan fingerprint density at radius 2 is 2.00 bits per heavy atom. The Hall–Kier alpha value is 0.130. The van der Waals surface area contributed by atoms with E-state index in [2.05, 4.69) is 9.71 Å². The maximum atomic E-state index is 5.59. The van der Waals surface area contributed by atoms with Crippen molar-refractivity contribution in [1.29, 1.82) is 0 Å². The first-order valence-corrected chi connectivity index (χ1v) is 6.67. The number of anilines is 1. The number of aromatic nitrogens is 1. The maximum absolute atomic E-state index is 5.59. The Morgan fingerprint density at radius 3 is 2.67 bits per heavy atom. The monoisotopic (exact) mass is 298 g/mol. The van der Waals surface area contributed by atoms with Crippen LogP contribution in [0.5, 0.6) is 0 Å². The third-order valence-electron chi connectivity index (χ3n) is 1.55. The number of hydrogen-bond acceptors (Lipinski definition) is 4. The molecule has 0 radical (unpaired) electrons. The molecule has 2 rings (SSSR count). The van der Waals surface area contributed by atoms with E-state index in [0.29, 0.717) is 0 Å². The fourth-order valence-electron chi connectivity index (χ4n) is 1.02. The zero-order valence-corrected chi connectivity index (χ0v) is 11.1. The molecule has 2 nitrogen and oxygen atoms in total. The molecule has 0 aliphatic carbocycles. The van der Waals surface area contributed by atoms with Crippen molar-refractivity contribution in [3.63, 3.8) is 0 Å². The number of hydrogen-bond donors (Lipinski definition) is 1. The molecule has 7 heteroatoms. The summed E-state index contributed by atoms with van der Waals surface area (Å²) in [6.45, 7) is 0. The highest BCUT2D eigenvalue weighted by atomic mass is 35.6. The molecule has 0 aliphatic rings. The van der Waals surface area contributed by atoms with E-state index < -0.39 is 3.12 Å². The Kier molecular flexibility index (Phi) is 3.52. The molecule has 0 saturated carbocycles. The largest absolute Gasteiger partial charge is 0.302 e. The molecule has 1 N–H and O–H groups in total. The molecule has 1 heterocycles. The van der Waals surface area contributed by atoms with Gasteiger partial charge in [-0.1, -0.05) is 58.3 Å². The van der Waals surface area contributed by atoms with Crippen molar-refractivity contribution in [2.24, 2.45) is 0 Å². The van der Waals surface area contributed by atoms with Gasteiger partial charge in [0.25, 0.3) is 3.12 Å². The van der Waals surface area contributed by atoms with E-state index in [-0.39, 0.29) is 0 Å². The van der Waals surface area contributed by atoms with Gasteiger partial charge in [0.15, 0.2) is 5.13 Å². The molecule has 0 bridgehead atoms. The van der Waals surface area contributed by atoms with E-state index in [1.54, 1.807) is 0 Å². The summed E-state index contributed by atoms with van der Waals surface area (Å²) in [7, 11) is 0. The fraction of sp³-hybridized carbons (Fsp3) is 0.125. The number of benzene rings is 1. The van der Waals surface area contributed by atoms with Gasteiger partial charge in [0, 0.05) is 11.9 Å². The minimum atomic E-state index is -1.38. The van der Waals surface area contributed by atoms with Crippen LogP contribution in [0, 0.1) is 0 Å². The van der Waals surface area contributed by atoms with Gasteiger partial charge < -0.3 is 4.72 Å². The molecule has 0 aliphatic heterocycles. The van der Waals surface area contributed by atoms with E-state index in [1.807, 2.05) is 24.3 Å². The summed E-state index contributed by atoms with van der Waals surface area (Å²) in [6, 6.07) is 7.84. The second-order valence-electron chi connectivity index (χ2n) is 2.64. The molecule has 0 unspecified atom stereocenters. The van der Waals surface area contributed by atoms with Gasteiger partial charge in [0.1, 0.15) is 0 Å². The minimum absolute atomic E-state index is 0.729. The highest BCUT2D eigenvalue weighted by Crippen LogP contribution is 2.40. The van der Waals surface area contributed by atoms with Crippen LogP contribution in [0.1, 0.15) is 0 Å². The first kappa shape index (κ1) is 11.6. The third-order valence-corrected chi connectivity index (χ3v) is 3.85. The number of rotatable bonds is 2. The van der Waals surface area contributed by atoms with E-state index in [1.165, 1.54) is 11.3 Å². The van der Waals surface area contributed by atoms with Gasteiger partial charge in [-0.25, -0.2) is 4.98 Å². The Balaban J connectivity index is 2.16. The number of nitrogens with zero attached hydrogens (tertiary/aromatic N) is 1. The van der Waals surface area contributed by atoms with Gasteiger partial charge in [0.2, 0.25) is 0 Å². The van der Waals surface area contributed by atoms with Crippen molar-refractivity contribution >= 4 is 73.4 Å². The van der Waals surface area contributed by atoms with Crippen LogP contribution < -0.4 is 4.72 Å². The summed E-state index contributed by atoms with van der Waals surface area (Å²) in [5, 5.41) is 0.729. The Morgan fingerprint density at radius 1 is 1.27 bits per heavy atom.